The Morgan fingerprint density at radius 2 is 2.03 bits per heavy atom. The second-order valence-corrected chi connectivity index (χ2v) is 8.00. The van der Waals surface area contributed by atoms with Gasteiger partial charge in [-0.15, -0.1) is 0 Å². The highest BCUT2D eigenvalue weighted by atomic mass is 35.5. The molecule has 0 aliphatic rings. The maximum atomic E-state index is 14.0. The number of nitrogens with one attached hydrogen (secondary N) is 1. The van der Waals surface area contributed by atoms with Gasteiger partial charge in [-0.05, 0) is 43.2 Å². The molecule has 4 rings (SSSR count). The van der Waals surface area contributed by atoms with Gasteiger partial charge >= 0.3 is 0 Å². The summed E-state index contributed by atoms with van der Waals surface area (Å²) in [4.78, 5) is 30.5. The molecule has 0 saturated heterocycles. The molecule has 31 heavy (non-hydrogen) atoms. The van der Waals surface area contributed by atoms with E-state index in [-0.39, 0.29) is 36.1 Å². The molecule has 0 spiro atoms. The van der Waals surface area contributed by atoms with Crippen molar-refractivity contribution in [1.29, 1.82) is 0 Å². The van der Waals surface area contributed by atoms with E-state index in [0.717, 1.165) is 12.0 Å². The number of hydrogen-bond donors (Lipinski definition) is 1. The van der Waals surface area contributed by atoms with Crippen LogP contribution in [0.2, 0.25) is 5.02 Å². The minimum atomic E-state index is -0.433. The molecule has 0 unspecified atom stereocenters. The van der Waals surface area contributed by atoms with Crippen LogP contribution in [0.4, 0.5) is 4.39 Å². The number of nitrogens with zero attached hydrogens (tertiary/aromatic N) is 3. The standard InChI is InChI=1S/C23H22ClFN4O2/c1-3-14(2)27-20(30)12-29-19-9-8-16(25)10-17(19)21-22(29)23(31)28(13-26-21)11-15-6-4-5-7-18(15)24/h4-10,13-14H,3,11-12H2,1-2H3,(H,27,30)/t14-/m0/s1. The molecule has 1 atom stereocenters. The van der Waals surface area contributed by atoms with Crippen LogP contribution in [0.25, 0.3) is 21.9 Å². The van der Waals surface area contributed by atoms with E-state index in [1.165, 1.54) is 23.0 Å². The number of carbonyl (C=O) groups is 1. The van der Waals surface area contributed by atoms with Gasteiger partial charge in [0.05, 0.1) is 18.4 Å². The summed E-state index contributed by atoms with van der Waals surface area (Å²) in [6.07, 6.45) is 2.22. The molecule has 2 heterocycles. The molecule has 160 valence electrons. The maximum absolute atomic E-state index is 14.0. The number of amides is 1. The average molecular weight is 441 g/mol. The molecule has 0 radical (unpaired) electrons. The van der Waals surface area contributed by atoms with Gasteiger partial charge in [0.2, 0.25) is 5.91 Å². The molecule has 0 fully saturated rings. The molecule has 0 aliphatic heterocycles. The van der Waals surface area contributed by atoms with Gasteiger partial charge in [-0.1, -0.05) is 36.7 Å². The van der Waals surface area contributed by atoms with Crippen LogP contribution in [0.5, 0.6) is 0 Å². The Kier molecular flexibility index (Phi) is 5.78. The minimum absolute atomic E-state index is 0.00744. The largest absolute Gasteiger partial charge is 0.352 e. The van der Waals surface area contributed by atoms with Gasteiger partial charge in [0.1, 0.15) is 23.4 Å². The van der Waals surface area contributed by atoms with Gasteiger partial charge in [0.15, 0.2) is 0 Å². The van der Waals surface area contributed by atoms with E-state index in [9.17, 15) is 14.0 Å². The topological polar surface area (TPSA) is 68.9 Å². The van der Waals surface area contributed by atoms with Crippen molar-refractivity contribution < 1.29 is 9.18 Å². The third kappa shape index (κ3) is 4.05. The van der Waals surface area contributed by atoms with E-state index in [4.69, 9.17) is 11.6 Å². The summed E-state index contributed by atoms with van der Waals surface area (Å²) >= 11 is 6.25. The summed E-state index contributed by atoms with van der Waals surface area (Å²) in [5, 5.41) is 3.95. The van der Waals surface area contributed by atoms with Gasteiger partial charge in [-0.3, -0.25) is 14.2 Å². The highest BCUT2D eigenvalue weighted by Gasteiger charge is 2.19. The van der Waals surface area contributed by atoms with Gasteiger partial charge < -0.3 is 9.88 Å². The molecule has 4 aromatic rings. The van der Waals surface area contributed by atoms with Gasteiger partial charge in [0.25, 0.3) is 5.56 Å². The summed E-state index contributed by atoms with van der Waals surface area (Å²) < 4.78 is 17.0. The summed E-state index contributed by atoms with van der Waals surface area (Å²) in [7, 11) is 0. The first-order chi connectivity index (χ1) is 14.9. The Morgan fingerprint density at radius 3 is 2.77 bits per heavy atom. The first-order valence-electron chi connectivity index (χ1n) is 10.1. The Hall–Kier alpha value is -3.19. The van der Waals surface area contributed by atoms with Crippen LogP contribution >= 0.6 is 11.6 Å². The number of rotatable bonds is 6. The van der Waals surface area contributed by atoms with E-state index in [1.807, 2.05) is 32.0 Å². The van der Waals surface area contributed by atoms with Crippen molar-refractivity contribution in [1.82, 2.24) is 19.4 Å². The Bertz CT molecular complexity index is 1340. The number of halogens is 2. The number of carbonyl (C=O) groups excluding carboxylic acids is 1. The lowest BCUT2D eigenvalue weighted by atomic mass is 10.2. The molecular weight excluding hydrogens is 419 g/mol. The van der Waals surface area contributed by atoms with Crippen molar-refractivity contribution in [2.75, 3.05) is 0 Å². The first kappa shape index (κ1) is 21.1. The lowest BCUT2D eigenvalue weighted by Gasteiger charge is -2.13. The van der Waals surface area contributed by atoms with Crippen LogP contribution < -0.4 is 10.9 Å². The van der Waals surface area contributed by atoms with Crippen molar-refractivity contribution in [3.8, 4) is 0 Å². The number of hydrogen-bond acceptors (Lipinski definition) is 3. The normalized spacial score (nSPS) is 12.4. The Balaban J connectivity index is 1.87. The average Bonchev–Trinajstić information content (AvgIpc) is 3.04. The second kappa shape index (κ2) is 8.51. The van der Waals surface area contributed by atoms with E-state index < -0.39 is 5.82 Å². The fourth-order valence-corrected chi connectivity index (χ4v) is 3.82. The zero-order valence-electron chi connectivity index (χ0n) is 17.2. The molecule has 2 aromatic heterocycles. The molecule has 2 aromatic carbocycles. The zero-order chi connectivity index (χ0) is 22.1. The lowest BCUT2D eigenvalue weighted by molar-refractivity contribution is -0.122. The SMILES string of the molecule is CC[C@H](C)NC(=O)Cn1c2ccc(F)cc2c2ncn(Cc3ccccc3Cl)c(=O)c21. The van der Waals surface area contributed by atoms with Gasteiger partial charge in [-0.25, -0.2) is 9.37 Å². The summed E-state index contributed by atoms with van der Waals surface area (Å²) in [6.45, 7) is 4.06. The van der Waals surface area contributed by atoms with E-state index in [0.29, 0.717) is 21.4 Å². The fraction of sp³-hybridized carbons (Fsp3) is 0.261. The van der Waals surface area contributed by atoms with Crippen molar-refractivity contribution in [2.24, 2.45) is 0 Å². The van der Waals surface area contributed by atoms with Crippen LogP contribution in [0.1, 0.15) is 25.8 Å². The van der Waals surface area contributed by atoms with Gasteiger partial charge in [-0.2, -0.15) is 0 Å². The third-order valence-corrected chi connectivity index (χ3v) is 5.78. The van der Waals surface area contributed by atoms with E-state index >= 15 is 0 Å². The third-order valence-electron chi connectivity index (χ3n) is 5.41. The Morgan fingerprint density at radius 1 is 1.26 bits per heavy atom. The summed E-state index contributed by atoms with van der Waals surface area (Å²) in [6, 6.07) is 11.5. The number of benzene rings is 2. The number of fused-ring (bicyclic) bond motifs is 3. The minimum Gasteiger partial charge on any atom is -0.352 e. The second-order valence-electron chi connectivity index (χ2n) is 7.59. The van der Waals surface area contributed by atoms with Crippen LogP contribution in [-0.4, -0.2) is 26.1 Å². The van der Waals surface area contributed by atoms with E-state index in [1.54, 1.807) is 16.7 Å². The highest BCUT2D eigenvalue weighted by molar-refractivity contribution is 6.31. The highest BCUT2D eigenvalue weighted by Crippen LogP contribution is 2.26. The molecule has 0 saturated carbocycles. The van der Waals surface area contributed by atoms with Crippen molar-refractivity contribution >= 4 is 39.4 Å². The first-order valence-corrected chi connectivity index (χ1v) is 10.5. The molecule has 1 amide bonds. The molecule has 8 heteroatoms. The smallest absolute Gasteiger partial charge is 0.278 e. The number of aromatic nitrogens is 3. The van der Waals surface area contributed by atoms with E-state index in [2.05, 4.69) is 10.3 Å². The molecular formula is C23H22ClFN4O2. The van der Waals surface area contributed by atoms with Gasteiger partial charge in [0, 0.05) is 16.5 Å². The molecule has 0 aliphatic carbocycles. The fourth-order valence-electron chi connectivity index (χ4n) is 3.63. The molecule has 0 bridgehead atoms. The summed E-state index contributed by atoms with van der Waals surface area (Å²) in [5.74, 6) is -0.656. The Labute approximate surface area is 183 Å². The van der Waals surface area contributed by atoms with Crippen molar-refractivity contribution in [3.63, 3.8) is 0 Å². The predicted octanol–water partition coefficient (Wildman–Crippen LogP) is 4.11. The van der Waals surface area contributed by atoms with Crippen molar-refractivity contribution in [3.05, 3.63) is 75.5 Å². The predicted molar refractivity (Wildman–Crippen MR) is 120 cm³/mol. The van der Waals surface area contributed by atoms with Crippen LogP contribution in [0, 0.1) is 5.82 Å². The zero-order valence-corrected chi connectivity index (χ0v) is 18.0. The maximum Gasteiger partial charge on any atom is 0.278 e. The monoisotopic (exact) mass is 440 g/mol. The van der Waals surface area contributed by atoms with Crippen molar-refractivity contribution in [2.45, 2.75) is 39.4 Å². The quantitative estimate of drug-likeness (QED) is 0.490. The molecule has 1 N–H and O–H groups in total. The lowest BCUT2D eigenvalue weighted by Crippen LogP contribution is -2.35. The van der Waals surface area contributed by atoms with Crippen LogP contribution in [0.15, 0.2) is 53.6 Å². The van der Waals surface area contributed by atoms with Crippen LogP contribution in [-0.2, 0) is 17.9 Å². The molecule has 6 nitrogen and oxygen atoms in total. The van der Waals surface area contributed by atoms with Crippen LogP contribution in [0.3, 0.4) is 0 Å². The summed E-state index contributed by atoms with van der Waals surface area (Å²) in [5.41, 5.74) is 1.66.